The molecule has 0 aliphatic carbocycles. The van der Waals surface area contributed by atoms with Gasteiger partial charge < -0.3 is 30.3 Å². The van der Waals surface area contributed by atoms with E-state index in [0.717, 1.165) is 38.0 Å². The van der Waals surface area contributed by atoms with Gasteiger partial charge in [-0.25, -0.2) is 19.2 Å². The molecule has 2 atom stereocenters. The third-order valence-electron chi connectivity index (χ3n) is 6.34. The van der Waals surface area contributed by atoms with Gasteiger partial charge in [-0.15, -0.1) is 0 Å². The minimum absolute atomic E-state index is 0.0231. The summed E-state index contributed by atoms with van der Waals surface area (Å²) in [7, 11) is 1.59. The van der Waals surface area contributed by atoms with Crippen LogP contribution < -0.4 is 25.4 Å². The molecule has 2 aliphatic heterocycles. The van der Waals surface area contributed by atoms with E-state index < -0.39 is 5.82 Å². The summed E-state index contributed by atoms with van der Waals surface area (Å²) in [4.78, 5) is 22.6. The maximum atomic E-state index is 13.5. The highest BCUT2D eigenvalue weighted by Gasteiger charge is 2.36. The van der Waals surface area contributed by atoms with E-state index in [1.807, 2.05) is 6.07 Å². The lowest BCUT2D eigenvalue weighted by atomic mass is 10.0. The van der Waals surface area contributed by atoms with Crippen LogP contribution in [0.2, 0.25) is 5.02 Å². The van der Waals surface area contributed by atoms with Crippen LogP contribution in [-0.2, 0) is 0 Å². The molecule has 5 rings (SSSR count). The molecular formula is C24H26ClFN6O3. The van der Waals surface area contributed by atoms with Crippen LogP contribution >= 0.6 is 11.6 Å². The maximum Gasteiger partial charge on any atom is 0.315 e. The summed E-state index contributed by atoms with van der Waals surface area (Å²) >= 11 is 5.91. The van der Waals surface area contributed by atoms with E-state index in [9.17, 15) is 9.18 Å². The summed E-state index contributed by atoms with van der Waals surface area (Å²) in [5, 5.41) is 9.79. The zero-order chi connectivity index (χ0) is 24.4. The van der Waals surface area contributed by atoms with Crippen molar-refractivity contribution in [3.63, 3.8) is 0 Å². The lowest BCUT2D eigenvalue weighted by molar-refractivity contribution is 0.223. The van der Waals surface area contributed by atoms with Crippen LogP contribution in [0.15, 0.2) is 36.7 Å². The van der Waals surface area contributed by atoms with Gasteiger partial charge in [0.25, 0.3) is 0 Å². The molecule has 35 heavy (non-hydrogen) atoms. The Balaban J connectivity index is 1.25. The molecule has 11 heteroatoms. The van der Waals surface area contributed by atoms with Gasteiger partial charge in [-0.2, -0.15) is 0 Å². The zero-order valence-electron chi connectivity index (χ0n) is 19.2. The molecule has 0 bridgehead atoms. The average molecular weight is 501 g/mol. The first-order valence-corrected chi connectivity index (χ1v) is 11.8. The molecule has 1 aromatic heterocycles. The Morgan fingerprint density at radius 2 is 2.11 bits per heavy atom. The molecule has 2 unspecified atom stereocenters. The van der Waals surface area contributed by atoms with Gasteiger partial charge in [0.05, 0.1) is 24.3 Å². The first-order chi connectivity index (χ1) is 17.0. The molecular weight excluding hydrogens is 475 g/mol. The van der Waals surface area contributed by atoms with Gasteiger partial charge in [-0.05, 0) is 30.7 Å². The van der Waals surface area contributed by atoms with Crippen LogP contribution in [-0.4, -0.2) is 66.8 Å². The quantitative estimate of drug-likeness (QED) is 0.407. The highest BCUT2D eigenvalue weighted by atomic mass is 35.5. The molecule has 184 valence electrons. The average Bonchev–Trinajstić information content (AvgIpc) is 3.25. The molecule has 3 heterocycles. The number of nitrogens with zero attached hydrogens (tertiary/aromatic N) is 3. The monoisotopic (exact) mass is 500 g/mol. The van der Waals surface area contributed by atoms with E-state index in [-0.39, 0.29) is 17.1 Å². The number of methoxy groups -OCH3 is 1. The second kappa shape index (κ2) is 10.1. The molecule has 2 saturated heterocycles. The largest absolute Gasteiger partial charge is 0.493 e. The Kier molecular flexibility index (Phi) is 6.74. The minimum atomic E-state index is -0.487. The van der Waals surface area contributed by atoms with Crippen molar-refractivity contribution in [3.8, 4) is 11.5 Å². The van der Waals surface area contributed by atoms with Crippen LogP contribution in [0.5, 0.6) is 11.5 Å². The van der Waals surface area contributed by atoms with Crippen molar-refractivity contribution in [1.29, 1.82) is 0 Å². The number of benzene rings is 2. The molecule has 2 aromatic carbocycles. The number of ether oxygens (including phenoxy) is 2. The van der Waals surface area contributed by atoms with E-state index in [1.165, 1.54) is 18.5 Å². The Bertz CT molecular complexity index is 1250. The first kappa shape index (κ1) is 23.4. The van der Waals surface area contributed by atoms with Gasteiger partial charge in [0.15, 0.2) is 11.5 Å². The van der Waals surface area contributed by atoms with E-state index in [2.05, 4.69) is 30.8 Å². The number of urea groups is 1. The summed E-state index contributed by atoms with van der Waals surface area (Å²) in [6.07, 6.45) is 2.27. The first-order valence-electron chi connectivity index (χ1n) is 11.4. The van der Waals surface area contributed by atoms with E-state index in [1.54, 1.807) is 19.2 Å². The predicted molar refractivity (Wildman–Crippen MR) is 131 cm³/mol. The fourth-order valence-electron chi connectivity index (χ4n) is 4.57. The summed E-state index contributed by atoms with van der Waals surface area (Å²) < 4.78 is 25.1. The van der Waals surface area contributed by atoms with Gasteiger partial charge in [-0.1, -0.05) is 11.6 Å². The smallest absolute Gasteiger partial charge is 0.315 e. The van der Waals surface area contributed by atoms with Gasteiger partial charge in [-0.3, -0.25) is 0 Å². The van der Waals surface area contributed by atoms with Gasteiger partial charge >= 0.3 is 6.03 Å². The number of rotatable bonds is 8. The number of hydrogen-bond donors (Lipinski definition) is 3. The second-order valence-electron chi connectivity index (χ2n) is 8.68. The van der Waals surface area contributed by atoms with Crippen molar-refractivity contribution in [1.82, 2.24) is 25.5 Å². The predicted octanol–water partition coefficient (Wildman–Crippen LogP) is 3.56. The van der Waals surface area contributed by atoms with Gasteiger partial charge in [0.2, 0.25) is 0 Å². The van der Waals surface area contributed by atoms with Crippen LogP contribution in [0.1, 0.15) is 6.42 Å². The van der Waals surface area contributed by atoms with Crippen molar-refractivity contribution in [2.24, 2.45) is 5.92 Å². The second-order valence-corrected chi connectivity index (χ2v) is 9.09. The Morgan fingerprint density at radius 1 is 1.23 bits per heavy atom. The van der Waals surface area contributed by atoms with Crippen molar-refractivity contribution in [3.05, 3.63) is 47.5 Å². The third-order valence-corrected chi connectivity index (χ3v) is 6.63. The highest BCUT2D eigenvalue weighted by molar-refractivity contribution is 6.31. The van der Waals surface area contributed by atoms with Gasteiger partial charge in [0, 0.05) is 55.3 Å². The Labute approximate surface area is 207 Å². The molecule has 0 spiro atoms. The lowest BCUT2D eigenvalue weighted by Gasteiger charge is -2.25. The number of likely N-dealkylation sites (tertiary alicyclic amines) is 1. The lowest BCUT2D eigenvalue weighted by Crippen LogP contribution is -2.54. The number of hydrogen-bond acceptors (Lipinski definition) is 7. The third kappa shape index (κ3) is 5.18. The number of nitrogens with one attached hydrogen (secondary N) is 3. The maximum absolute atomic E-state index is 13.5. The number of amides is 2. The van der Waals surface area contributed by atoms with Crippen LogP contribution in [0.3, 0.4) is 0 Å². The molecule has 2 amide bonds. The molecule has 9 nitrogen and oxygen atoms in total. The number of fused-ring (bicyclic) bond motifs is 2. The van der Waals surface area contributed by atoms with Crippen molar-refractivity contribution in [2.45, 2.75) is 12.5 Å². The Hall–Kier alpha value is -3.37. The summed E-state index contributed by atoms with van der Waals surface area (Å²) in [5.74, 6) is 1.66. The number of carbonyl (C=O) groups excluding carboxylic acids is 1. The zero-order valence-corrected chi connectivity index (χ0v) is 19.9. The van der Waals surface area contributed by atoms with Crippen LogP contribution in [0, 0.1) is 11.7 Å². The van der Waals surface area contributed by atoms with Crippen molar-refractivity contribution < 1.29 is 18.7 Å². The highest BCUT2D eigenvalue weighted by Crippen LogP contribution is 2.35. The topological polar surface area (TPSA) is 101 Å². The van der Waals surface area contributed by atoms with E-state index in [0.29, 0.717) is 41.0 Å². The molecule has 3 N–H and O–H groups in total. The minimum Gasteiger partial charge on any atom is -0.493 e. The van der Waals surface area contributed by atoms with Crippen molar-refractivity contribution in [2.75, 3.05) is 45.2 Å². The molecule has 0 saturated carbocycles. The number of carbonyl (C=O) groups is 1. The fourth-order valence-corrected chi connectivity index (χ4v) is 4.75. The van der Waals surface area contributed by atoms with E-state index in [4.69, 9.17) is 21.1 Å². The molecule has 2 fully saturated rings. The SMILES string of the molecule is COc1cc2ncnc(Nc3ccc(F)c(Cl)c3)c2cc1OCCCN1CC2CNC(=O)NC2C1. The standard InChI is InChI=1S/C24H26ClFN6O3/c1-34-21-9-19-16(23(29-13-28-19)30-15-3-4-18(26)17(25)7-15)8-22(21)35-6-2-5-32-11-14-10-27-24(33)31-20(14)12-32/h3-4,7-9,13-14,20H,2,5-6,10-12H2,1H3,(H2,27,31,33)(H,28,29,30). The number of aromatic nitrogens is 2. The number of anilines is 2. The van der Waals surface area contributed by atoms with Crippen molar-refractivity contribution >= 4 is 40.0 Å². The molecule has 3 aromatic rings. The summed E-state index contributed by atoms with van der Waals surface area (Å²) in [5.41, 5.74) is 1.28. The van der Waals surface area contributed by atoms with Crippen LogP contribution in [0.4, 0.5) is 20.7 Å². The molecule has 2 aliphatic rings. The summed E-state index contributed by atoms with van der Waals surface area (Å²) in [6, 6.07) is 8.16. The van der Waals surface area contributed by atoms with Crippen LogP contribution in [0.25, 0.3) is 10.9 Å². The summed E-state index contributed by atoms with van der Waals surface area (Å²) in [6.45, 7) is 3.91. The van der Waals surface area contributed by atoms with E-state index >= 15 is 0 Å². The molecule has 0 radical (unpaired) electrons. The van der Waals surface area contributed by atoms with Gasteiger partial charge in [0.1, 0.15) is 18.0 Å². The Morgan fingerprint density at radius 3 is 2.94 bits per heavy atom. The normalized spacial score (nSPS) is 19.7. The fraction of sp³-hybridized carbons (Fsp3) is 0.375. The number of halogens is 2.